The molecule has 3 N–H and O–H groups in total. The number of carboxylic acids is 1. The van der Waals surface area contributed by atoms with Gasteiger partial charge in [-0.3, -0.25) is 0 Å². The molecular weight excluding hydrogens is 259 g/mol. The van der Waals surface area contributed by atoms with Crippen LogP contribution in [0.5, 0.6) is 0 Å². The lowest BCUT2D eigenvalue weighted by Crippen LogP contribution is -2.32. The van der Waals surface area contributed by atoms with Crippen LogP contribution in [0.1, 0.15) is 38.1 Å². The van der Waals surface area contributed by atoms with E-state index >= 15 is 0 Å². The smallest absolute Gasteiger partial charge is 0.338 e. The Balaban J connectivity index is 3.19. The molecule has 0 saturated heterocycles. The third-order valence-corrected chi connectivity index (χ3v) is 2.86. The van der Waals surface area contributed by atoms with Crippen molar-refractivity contribution in [3.63, 3.8) is 0 Å². The van der Waals surface area contributed by atoms with Crippen molar-refractivity contribution >= 4 is 17.3 Å². The van der Waals surface area contributed by atoms with Crippen LogP contribution in [-0.4, -0.2) is 24.2 Å². The number of nitrogens with zero attached hydrogens (tertiary/aromatic N) is 1. The molecule has 0 bridgehead atoms. The summed E-state index contributed by atoms with van der Waals surface area (Å²) in [5.74, 6) is -1.26. The second kappa shape index (κ2) is 6.59. The number of benzene rings is 1. The van der Waals surface area contributed by atoms with E-state index in [0.29, 0.717) is 23.2 Å². The normalized spacial score (nSPS) is 11.2. The first-order chi connectivity index (χ1) is 9.22. The van der Waals surface area contributed by atoms with Crippen molar-refractivity contribution in [2.45, 2.75) is 27.7 Å². The predicted molar refractivity (Wildman–Crippen MR) is 79.7 cm³/mol. The second-order valence-electron chi connectivity index (χ2n) is 5.89. The van der Waals surface area contributed by atoms with Gasteiger partial charge in [-0.1, -0.05) is 27.7 Å². The Kier molecular flexibility index (Phi) is 5.36. The first kappa shape index (κ1) is 16.3. The second-order valence-corrected chi connectivity index (χ2v) is 5.89. The zero-order chi connectivity index (χ0) is 15.4. The molecule has 112 valence electrons. The number of carbonyl (C=O) groups is 1. The molecule has 1 aromatic rings. The number of aromatic carboxylic acids is 1. The van der Waals surface area contributed by atoms with E-state index < -0.39 is 11.8 Å². The molecule has 0 aromatic heterocycles. The van der Waals surface area contributed by atoms with Gasteiger partial charge in [0.05, 0.1) is 16.9 Å². The highest BCUT2D eigenvalue weighted by molar-refractivity contribution is 5.91. The molecule has 0 aliphatic carbocycles. The maximum absolute atomic E-state index is 13.9. The fraction of sp³-hybridized carbons (Fsp3) is 0.533. The molecule has 0 atom stereocenters. The van der Waals surface area contributed by atoms with Gasteiger partial charge in [0.2, 0.25) is 0 Å². The van der Waals surface area contributed by atoms with Gasteiger partial charge >= 0.3 is 5.97 Å². The Bertz CT molecular complexity index is 477. The van der Waals surface area contributed by atoms with Crippen molar-refractivity contribution in [1.82, 2.24) is 0 Å². The average Bonchev–Trinajstić information content (AvgIpc) is 2.29. The van der Waals surface area contributed by atoms with Crippen molar-refractivity contribution in [1.29, 1.82) is 0 Å². The largest absolute Gasteiger partial charge is 0.478 e. The molecule has 0 aliphatic heterocycles. The first-order valence-corrected chi connectivity index (χ1v) is 6.79. The van der Waals surface area contributed by atoms with Crippen LogP contribution in [0.15, 0.2) is 12.1 Å². The lowest BCUT2D eigenvalue weighted by molar-refractivity contribution is 0.0692. The zero-order valence-electron chi connectivity index (χ0n) is 12.5. The number of anilines is 2. The minimum Gasteiger partial charge on any atom is -0.478 e. The molecule has 4 nitrogen and oxygen atoms in total. The van der Waals surface area contributed by atoms with Crippen LogP contribution >= 0.6 is 0 Å². The Morgan fingerprint density at radius 3 is 2.15 bits per heavy atom. The van der Waals surface area contributed by atoms with Crippen molar-refractivity contribution in [2.75, 3.05) is 23.7 Å². The van der Waals surface area contributed by atoms with Gasteiger partial charge in [0.1, 0.15) is 5.82 Å². The van der Waals surface area contributed by atoms with Crippen molar-refractivity contribution in [3.8, 4) is 0 Å². The van der Waals surface area contributed by atoms with Crippen LogP contribution in [0.2, 0.25) is 0 Å². The molecule has 0 radical (unpaired) electrons. The van der Waals surface area contributed by atoms with Gasteiger partial charge in [0, 0.05) is 19.2 Å². The summed E-state index contributed by atoms with van der Waals surface area (Å²) in [6, 6.07) is 2.42. The van der Waals surface area contributed by atoms with Crippen molar-refractivity contribution in [2.24, 2.45) is 11.8 Å². The summed E-state index contributed by atoms with van der Waals surface area (Å²) in [6.07, 6.45) is 0. The zero-order valence-corrected chi connectivity index (χ0v) is 12.5. The fourth-order valence-electron chi connectivity index (χ4n) is 2.17. The Morgan fingerprint density at radius 2 is 1.75 bits per heavy atom. The molecule has 0 saturated carbocycles. The number of carboxylic acid groups (broad SMARTS) is 1. The van der Waals surface area contributed by atoms with E-state index in [-0.39, 0.29) is 5.56 Å². The maximum atomic E-state index is 13.9. The third kappa shape index (κ3) is 4.11. The van der Waals surface area contributed by atoms with Gasteiger partial charge in [-0.2, -0.15) is 0 Å². The molecule has 1 rings (SSSR count). The third-order valence-electron chi connectivity index (χ3n) is 2.86. The lowest BCUT2D eigenvalue weighted by atomic mass is 10.1. The van der Waals surface area contributed by atoms with Crippen LogP contribution in [0, 0.1) is 17.7 Å². The van der Waals surface area contributed by atoms with Crippen LogP contribution in [0.3, 0.4) is 0 Å². The van der Waals surface area contributed by atoms with Gasteiger partial charge in [-0.25, -0.2) is 9.18 Å². The lowest BCUT2D eigenvalue weighted by Gasteiger charge is -2.29. The molecule has 0 aliphatic rings. The number of nitrogens with two attached hydrogens (primary N) is 1. The topological polar surface area (TPSA) is 66.6 Å². The molecule has 0 amide bonds. The summed E-state index contributed by atoms with van der Waals surface area (Å²) in [5, 5.41) is 8.90. The van der Waals surface area contributed by atoms with Crippen molar-refractivity contribution in [3.05, 3.63) is 23.5 Å². The molecule has 0 fully saturated rings. The van der Waals surface area contributed by atoms with Crippen molar-refractivity contribution < 1.29 is 14.3 Å². The minimum absolute atomic E-state index is 0.296. The van der Waals surface area contributed by atoms with E-state index in [1.165, 1.54) is 12.1 Å². The van der Waals surface area contributed by atoms with Gasteiger partial charge in [0.25, 0.3) is 0 Å². The molecule has 0 heterocycles. The van der Waals surface area contributed by atoms with Gasteiger partial charge < -0.3 is 15.7 Å². The van der Waals surface area contributed by atoms with Gasteiger partial charge in [0.15, 0.2) is 0 Å². The number of nitrogen functional groups attached to an aromatic ring is 1. The van der Waals surface area contributed by atoms with Gasteiger partial charge in [-0.15, -0.1) is 0 Å². The summed E-state index contributed by atoms with van der Waals surface area (Å²) in [5.41, 5.74) is 6.38. The van der Waals surface area contributed by atoms with Crippen LogP contribution in [0.4, 0.5) is 15.8 Å². The van der Waals surface area contributed by atoms with E-state index in [1.54, 1.807) is 0 Å². The summed E-state index contributed by atoms with van der Waals surface area (Å²) >= 11 is 0. The number of halogens is 1. The maximum Gasteiger partial charge on any atom is 0.338 e. The standard InChI is InChI=1S/C15H23FN2O2/c1-9(2)7-18(8-10(3)4)14-6-12(16)11(15(19)20)5-13(14)17/h5-6,9-10H,7-8,17H2,1-4H3,(H,19,20). The summed E-state index contributed by atoms with van der Waals surface area (Å²) < 4.78 is 13.9. The summed E-state index contributed by atoms with van der Waals surface area (Å²) in [4.78, 5) is 12.9. The van der Waals surface area contributed by atoms with E-state index in [4.69, 9.17) is 10.8 Å². The summed E-state index contributed by atoms with van der Waals surface area (Å²) in [6.45, 7) is 9.79. The first-order valence-electron chi connectivity index (χ1n) is 6.79. The monoisotopic (exact) mass is 282 g/mol. The highest BCUT2D eigenvalue weighted by atomic mass is 19.1. The predicted octanol–water partition coefficient (Wildman–Crippen LogP) is 3.22. The molecular formula is C15H23FN2O2. The Hall–Kier alpha value is -1.78. The SMILES string of the molecule is CC(C)CN(CC(C)C)c1cc(F)c(C(=O)O)cc1N. The van der Waals surface area contributed by atoms with Crippen LogP contribution in [0.25, 0.3) is 0 Å². The summed E-state index contributed by atoms with van der Waals surface area (Å²) in [7, 11) is 0. The highest BCUT2D eigenvalue weighted by Gasteiger charge is 2.18. The van der Waals surface area contributed by atoms with E-state index in [9.17, 15) is 9.18 Å². The Labute approximate surface area is 119 Å². The fourth-order valence-corrected chi connectivity index (χ4v) is 2.17. The van der Waals surface area contributed by atoms with E-state index in [1.807, 2.05) is 4.90 Å². The number of hydrogen-bond donors (Lipinski definition) is 2. The van der Waals surface area contributed by atoms with E-state index in [2.05, 4.69) is 27.7 Å². The quantitative estimate of drug-likeness (QED) is 0.786. The Morgan fingerprint density at radius 1 is 1.25 bits per heavy atom. The number of rotatable bonds is 6. The molecule has 0 unspecified atom stereocenters. The van der Waals surface area contributed by atoms with Crippen LogP contribution in [-0.2, 0) is 0 Å². The number of hydrogen-bond acceptors (Lipinski definition) is 3. The molecule has 20 heavy (non-hydrogen) atoms. The minimum atomic E-state index is -1.31. The van der Waals surface area contributed by atoms with Crippen LogP contribution < -0.4 is 10.6 Å². The molecule has 1 aromatic carbocycles. The molecule has 0 spiro atoms. The molecule has 5 heteroatoms. The highest BCUT2D eigenvalue weighted by Crippen LogP contribution is 2.28. The average molecular weight is 282 g/mol. The van der Waals surface area contributed by atoms with Gasteiger partial charge in [-0.05, 0) is 17.9 Å². The van der Waals surface area contributed by atoms with E-state index in [0.717, 1.165) is 13.1 Å².